The molecule has 2 N–H and O–H groups in total. The van der Waals surface area contributed by atoms with E-state index in [1.807, 2.05) is 26.0 Å². The molecule has 0 aliphatic heterocycles. The lowest BCUT2D eigenvalue weighted by atomic mass is 10.1. The Labute approximate surface area is 119 Å². The van der Waals surface area contributed by atoms with Crippen LogP contribution in [0, 0.1) is 13.8 Å². The Morgan fingerprint density at radius 2 is 2.15 bits per heavy atom. The van der Waals surface area contributed by atoms with Gasteiger partial charge in [0, 0.05) is 12.2 Å². The SMILES string of the molecule is CCCOCC(N)c1noc(-c2cc(C)ccc2C)n1. The summed E-state index contributed by atoms with van der Waals surface area (Å²) in [6.07, 6.45) is 0.965. The van der Waals surface area contributed by atoms with Gasteiger partial charge in [-0.2, -0.15) is 4.98 Å². The molecule has 5 heteroatoms. The third-order valence-corrected chi connectivity index (χ3v) is 3.04. The molecule has 1 aromatic carbocycles. The molecule has 1 aromatic heterocycles. The average Bonchev–Trinajstić information content (AvgIpc) is 2.91. The van der Waals surface area contributed by atoms with Gasteiger partial charge in [0.1, 0.15) is 0 Å². The summed E-state index contributed by atoms with van der Waals surface area (Å²) in [4.78, 5) is 4.38. The molecule has 0 fully saturated rings. The number of hydrogen-bond donors (Lipinski definition) is 1. The molecule has 1 atom stereocenters. The lowest BCUT2D eigenvalue weighted by Crippen LogP contribution is -2.18. The lowest BCUT2D eigenvalue weighted by molar-refractivity contribution is 0.119. The predicted molar refractivity (Wildman–Crippen MR) is 77.2 cm³/mol. The van der Waals surface area contributed by atoms with Gasteiger partial charge in [0.15, 0.2) is 5.82 Å². The van der Waals surface area contributed by atoms with E-state index in [0.717, 1.165) is 23.1 Å². The molecule has 20 heavy (non-hydrogen) atoms. The fourth-order valence-electron chi connectivity index (χ4n) is 1.89. The van der Waals surface area contributed by atoms with Crippen LogP contribution in [0.5, 0.6) is 0 Å². The standard InChI is InChI=1S/C15H21N3O2/c1-4-7-19-9-13(16)14-17-15(20-18-14)12-8-10(2)5-6-11(12)3/h5-6,8,13H,4,7,9,16H2,1-3H3. The van der Waals surface area contributed by atoms with Gasteiger partial charge < -0.3 is 15.0 Å². The van der Waals surface area contributed by atoms with Gasteiger partial charge >= 0.3 is 0 Å². The highest BCUT2D eigenvalue weighted by molar-refractivity contribution is 5.59. The summed E-state index contributed by atoms with van der Waals surface area (Å²) in [5.74, 6) is 0.990. The number of ether oxygens (including phenoxy) is 1. The third kappa shape index (κ3) is 3.43. The maximum Gasteiger partial charge on any atom is 0.258 e. The van der Waals surface area contributed by atoms with Crippen LogP contribution >= 0.6 is 0 Å². The molecule has 0 aliphatic carbocycles. The Balaban J connectivity index is 2.14. The summed E-state index contributed by atoms with van der Waals surface area (Å²) in [7, 11) is 0. The monoisotopic (exact) mass is 275 g/mol. The van der Waals surface area contributed by atoms with Crippen molar-refractivity contribution in [2.75, 3.05) is 13.2 Å². The first-order valence-electron chi connectivity index (χ1n) is 6.86. The van der Waals surface area contributed by atoms with Crippen molar-refractivity contribution in [3.8, 4) is 11.5 Å². The van der Waals surface area contributed by atoms with E-state index in [1.54, 1.807) is 0 Å². The molecule has 108 valence electrons. The average molecular weight is 275 g/mol. The topological polar surface area (TPSA) is 74.2 Å². The maximum absolute atomic E-state index is 5.99. The Kier molecular flexibility index (Phi) is 4.87. The zero-order chi connectivity index (χ0) is 14.5. The third-order valence-electron chi connectivity index (χ3n) is 3.04. The van der Waals surface area contributed by atoms with Crippen LogP contribution in [-0.4, -0.2) is 23.4 Å². The molecule has 5 nitrogen and oxygen atoms in total. The summed E-state index contributed by atoms with van der Waals surface area (Å²) >= 11 is 0. The Morgan fingerprint density at radius 3 is 2.90 bits per heavy atom. The van der Waals surface area contributed by atoms with E-state index in [9.17, 15) is 0 Å². The van der Waals surface area contributed by atoms with Crippen LogP contribution in [0.15, 0.2) is 22.7 Å². The Morgan fingerprint density at radius 1 is 1.35 bits per heavy atom. The fraction of sp³-hybridized carbons (Fsp3) is 0.467. The van der Waals surface area contributed by atoms with E-state index < -0.39 is 0 Å². The molecule has 0 spiro atoms. The van der Waals surface area contributed by atoms with Crippen LogP contribution in [0.1, 0.15) is 36.3 Å². The van der Waals surface area contributed by atoms with Crippen molar-refractivity contribution in [2.45, 2.75) is 33.2 Å². The van der Waals surface area contributed by atoms with Gasteiger partial charge in [-0.3, -0.25) is 0 Å². The zero-order valence-corrected chi connectivity index (χ0v) is 12.2. The number of aryl methyl sites for hydroxylation is 2. The number of rotatable bonds is 6. The highest BCUT2D eigenvalue weighted by Crippen LogP contribution is 2.23. The normalized spacial score (nSPS) is 12.6. The van der Waals surface area contributed by atoms with Crippen LogP contribution in [0.4, 0.5) is 0 Å². The molecular formula is C15H21N3O2. The molecule has 0 saturated carbocycles. The number of benzene rings is 1. The van der Waals surface area contributed by atoms with Gasteiger partial charge in [0.25, 0.3) is 5.89 Å². The minimum atomic E-state index is -0.357. The van der Waals surface area contributed by atoms with E-state index in [0.29, 0.717) is 24.9 Å². The van der Waals surface area contributed by atoms with Gasteiger partial charge in [0.2, 0.25) is 0 Å². The van der Waals surface area contributed by atoms with Gasteiger partial charge in [-0.05, 0) is 31.9 Å². The molecule has 2 aromatic rings. The van der Waals surface area contributed by atoms with Crippen molar-refractivity contribution < 1.29 is 9.26 Å². The first kappa shape index (κ1) is 14.7. The summed E-state index contributed by atoms with van der Waals surface area (Å²) < 4.78 is 10.7. The molecule has 0 amide bonds. The van der Waals surface area contributed by atoms with Crippen molar-refractivity contribution in [3.63, 3.8) is 0 Å². The maximum atomic E-state index is 5.99. The van der Waals surface area contributed by atoms with E-state index in [2.05, 4.69) is 23.1 Å². The molecular weight excluding hydrogens is 254 g/mol. The molecule has 0 saturated heterocycles. The quantitative estimate of drug-likeness (QED) is 0.820. The molecule has 0 aliphatic rings. The summed E-state index contributed by atoms with van der Waals surface area (Å²) in [5.41, 5.74) is 9.19. The Bertz CT molecular complexity index is 566. The van der Waals surface area contributed by atoms with Crippen LogP contribution in [0.3, 0.4) is 0 Å². The van der Waals surface area contributed by atoms with Gasteiger partial charge in [-0.1, -0.05) is 29.8 Å². The van der Waals surface area contributed by atoms with E-state index >= 15 is 0 Å². The number of hydrogen-bond acceptors (Lipinski definition) is 5. The molecule has 1 unspecified atom stereocenters. The van der Waals surface area contributed by atoms with E-state index in [4.69, 9.17) is 15.0 Å². The van der Waals surface area contributed by atoms with Crippen LogP contribution in [0.2, 0.25) is 0 Å². The second-order valence-electron chi connectivity index (χ2n) is 4.96. The number of nitrogens with two attached hydrogens (primary N) is 1. The van der Waals surface area contributed by atoms with E-state index in [1.165, 1.54) is 0 Å². The second-order valence-corrected chi connectivity index (χ2v) is 4.96. The van der Waals surface area contributed by atoms with Crippen molar-refractivity contribution in [1.29, 1.82) is 0 Å². The predicted octanol–water partition coefficient (Wildman–Crippen LogP) is 2.78. The van der Waals surface area contributed by atoms with Gasteiger partial charge in [-0.25, -0.2) is 0 Å². The van der Waals surface area contributed by atoms with Crippen molar-refractivity contribution in [3.05, 3.63) is 35.2 Å². The zero-order valence-electron chi connectivity index (χ0n) is 12.2. The highest BCUT2D eigenvalue weighted by atomic mass is 16.5. The Hall–Kier alpha value is -1.72. The van der Waals surface area contributed by atoms with E-state index in [-0.39, 0.29) is 6.04 Å². The minimum absolute atomic E-state index is 0.357. The summed E-state index contributed by atoms with van der Waals surface area (Å²) in [6, 6.07) is 5.77. The van der Waals surface area contributed by atoms with Crippen molar-refractivity contribution >= 4 is 0 Å². The summed E-state index contributed by atoms with van der Waals surface area (Å²) in [6.45, 7) is 7.20. The largest absolute Gasteiger partial charge is 0.379 e. The molecule has 1 heterocycles. The molecule has 2 rings (SSSR count). The van der Waals surface area contributed by atoms with Gasteiger partial charge in [-0.15, -0.1) is 0 Å². The van der Waals surface area contributed by atoms with Crippen molar-refractivity contribution in [1.82, 2.24) is 10.1 Å². The lowest BCUT2D eigenvalue weighted by Gasteiger charge is -2.06. The van der Waals surface area contributed by atoms with Crippen LogP contribution < -0.4 is 5.73 Å². The first-order valence-corrected chi connectivity index (χ1v) is 6.86. The van der Waals surface area contributed by atoms with Crippen LogP contribution in [-0.2, 0) is 4.74 Å². The second kappa shape index (κ2) is 6.63. The smallest absolute Gasteiger partial charge is 0.258 e. The fourth-order valence-corrected chi connectivity index (χ4v) is 1.89. The number of nitrogens with zero attached hydrogens (tertiary/aromatic N) is 2. The minimum Gasteiger partial charge on any atom is -0.379 e. The van der Waals surface area contributed by atoms with Crippen LogP contribution in [0.25, 0.3) is 11.5 Å². The summed E-state index contributed by atoms with van der Waals surface area (Å²) in [5, 5.41) is 3.95. The number of aromatic nitrogens is 2. The molecule has 0 radical (unpaired) electrons. The molecule has 0 bridgehead atoms. The van der Waals surface area contributed by atoms with Gasteiger partial charge in [0.05, 0.1) is 12.6 Å². The first-order chi connectivity index (χ1) is 9.61. The van der Waals surface area contributed by atoms with Crippen molar-refractivity contribution in [2.24, 2.45) is 5.73 Å². The highest BCUT2D eigenvalue weighted by Gasteiger charge is 2.16.